The monoisotopic (exact) mass is 520 g/mol. The number of hydrogen-bond acceptors (Lipinski definition) is 8. The number of hydrogen-bond donors (Lipinski definition) is 5. The minimum Gasteiger partial charge on any atom is -0.394 e. The average molecular weight is 521 g/mol. The normalized spacial score (nSPS) is 33.4. The third-order valence-corrected chi connectivity index (χ3v) is 9.18. The van der Waals surface area contributed by atoms with Gasteiger partial charge in [-0.15, -0.1) is 0 Å². The maximum absolute atomic E-state index is 10.4. The topological polar surface area (TPSA) is 89.0 Å². The molecular formula is C28H48N4O3S. The highest BCUT2D eigenvalue weighted by Crippen LogP contribution is 2.34. The number of fused-ring (bicyclic) bond motifs is 4. The summed E-state index contributed by atoms with van der Waals surface area (Å²) in [6, 6.07) is 6.95. The van der Waals surface area contributed by atoms with E-state index in [2.05, 4.69) is 66.1 Å². The number of aliphatic hydroxyl groups is 2. The highest BCUT2D eigenvalue weighted by molar-refractivity contribution is 7.98. The lowest BCUT2D eigenvalue weighted by atomic mass is 9.87. The van der Waals surface area contributed by atoms with E-state index in [1.54, 1.807) is 0 Å². The third kappa shape index (κ3) is 7.67. The summed E-state index contributed by atoms with van der Waals surface area (Å²) < 4.78 is 10.3. The van der Waals surface area contributed by atoms with E-state index in [0.29, 0.717) is 30.2 Å². The zero-order chi connectivity index (χ0) is 25.7. The summed E-state index contributed by atoms with van der Waals surface area (Å²) in [4.78, 5) is 2.42. The number of ether oxygens (including phenoxy) is 1. The van der Waals surface area contributed by atoms with Gasteiger partial charge in [0.1, 0.15) is 12.5 Å². The lowest BCUT2D eigenvalue weighted by molar-refractivity contribution is -0.0549. The van der Waals surface area contributed by atoms with Crippen LogP contribution in [0.15, 0.2) is 18.2 Å². The Morgan fingerprint density at radius 1 is 1.14 bits per heavy atom. The Morgan fingerprint density at radius 2 is 1.92 bits per heavy atom. The Bertz CT molecular complexity index is 808. The Hall–Kier alpha value is -0.710. The summed E-state index contributed by atoms with van der Waals surface area (Å²) in [5, 5.41) is 28.1. The molecule has 4 bridgehead atoms. The van der Waals surface area contributed by atoms with Crippen LogP contribution in [0.4, 0.5) is 0 Å². The van der Waals surface area contributed by atoms with Crippen LogP contribution in [0.3, 0.4) is 0 Å². The number of β-amino-alcohol motifs (C(OH)–C–C–N with tert-alkyl or cyclic N) is 1. The van der Waals surface area contributed by atoms with Crippen LogP contribution in [-0.4, -0.2) is 71.3 Å². The summed E-state index contributed by atoms with van der Waals surface area (Å²) in [5.74, 6) is 1.12. The van der Waals surface area contributed by atoms with E-state index >= 15 is 0 Å². The van der Waals surface area contributed by atoms with Gasteiger partial charge >= 0.3 is 0 Å². The molecule has 0 amide bonds. The highest BCUT2D eigenvalue weighted by Gasteiger charge is 2.34. The molecule has 2 saturated heterocycles. The molecule has 36 heavy (non-hydrogen) atoms. The molecule has 4 rings (SSSR count). The largest absolute Gasteiger partial charge is 0.394 e. The molecule has 0 radical (unpaired) electrons. The van der Waals surface area contributed by atoms with E-state index in [9.17, 15) is 10.2 Å². The standard InChI is InChI=1S/C28H48N4O3S/c1-18(2)11-22-17-35-26-13-25(27-19(3)7-5-8-20(27)4)29-28(30-26)31-36-24-10-6-9-21(12-24)14-32(22)15-23(34)16-33/h5,7-8,18,21-26,28-31,33-34H,6,9-17H2,1-4H3/t21?,22-,23+,24?,25?,26?,28?/m1/s1. The van der Waals surface area contributed by atoms with Gasteiger partial charge < -0.3 is 14.9 Å². The van der Waals surface area contributed by atoms with Crippen molar-refractivity contribution < 1.29 is 14.9 Å². The summed E-state index contributed by atoms with van der Waals surface area (Å²) in [7, 11) is 0. The molecular weight excluding hydrogens is 472 g/mol. The summed E-state index contributed by atoms with van der Waals surface area (Å²) in [6.07, 6.45) is 5.91. The molecule has 5 N–H and O–H groups in total. The van der Waals surface area contributed by atoms with Crippen LogP contribution in [0.2, 0.25) is 0 Å². The van der Waals surface area contributed by atoms with E-state index < -0.39 is 6.10 Å². The maximum Gasteiger partial charge on any atom is 0.123 e. The number of rotatable bonds is 6. The molecule has 3 fully saturated rings. The minimum absolute atomic E-state index is 0.0326. The summed E-state index contributed by atoms with van der Waals surface area (Å²) in [6.45, 7) is 10.8. The van der Waals surface area contributed by atoms with Gasteiger partial charge in [-0.25, -0.2) is 4.72 Å². The van der Waals surface area contributed by atoms with Crippen molar-refractivity contribution >= 4 is 11.9 Å². The van der Waals surface area contributed by atoms with Gasteiger partial charge in [-0.2, -0.15) is 0 Å². The Balaban J connectivity index is 1.59. The molecule has 5 unspecified atom stereocenters. The smallest absolute Gasteiger partial charge is 0.123 e. The van der Waals surface area contributed by atoms with Crippen LogP contribution in [0.5, 0.6) is 0 Å². The van der Waals surface area contributed by atoms with Crippen molar-refractivity contribution in [3.05, 3.63) is 34.9 Å². The molecule has 1 saturated carbocycles. The number of aryl methyl sites for hydroxylation is 2. The fourth-order valence-corrected chi connectivity index (χ4v) is 7.47. The molecule has 2 aliphatic heterocycles. The second-order valence-electron chi connectivity index (χ2n) is 11.6. The lowest BCUT2D eigenvalue weighted by Crippen LogP contribution is -2.61. The molecule has 204 valence electrons. The van der Waals surface area contributed by atoms with E-state index in [0.717, 1.165) is 19.4 Å². The fraction of sp³-hybridized carbons (Fsp3) is 0.786. The zero-order valence-electron chi connectivity index (χ0n) is 22.6. The van der Waals surface area contributed by atoms with Gasteiger partial charge in [0.15, 0.2) is 0 Å². The van der Waals surface area contributed by atoms with Crippen molar-refractivity contribution in [2.75, 3.05) is 26.3 Å². The van der Waals surface area contributed by atoms with Crippen LogP contribution < -0.4 is 15.4 Å². The SMILES string of the molecule is Cc1cccc(C)c1C1CC2NC(NSC3CCCC(C3)CN(C[C@H](O)CO)[C@H](CC(C)C)CO2)N1. The Kier molecular flexibility index (Phi) is 10.5. The van der Waals surface area contributed by atoms with Crippen molar-refractivity contribution in [1.29, 1.82) is 0 Å². The van der Waals surface area contributed by atoms with E-state index in [4.69, 9.17) is 4.74 Å². The van der Waals surface area contributed by atoms with Gasteiger partial charge in [-0.1, -0.05) is 50.4 Å². The van der Waals surface area contributed by atoms with Gasteiger partial charge in [0.2, 0.25) is 0 Å². The average Bonchev–Trinajstić information content (AvgIpc) is 2.84. The molecule has 1 aromatic carbocycles. The molecule has 7 atom stereocenters. The predicted molar refractivity (Wildman–Crippen MR) is 147 cm³/mol. The lowest BCUT2D eigenvalue weighted by Gasteiger charge is -2.40. The van der Waals surface area contributed by atoms with Crippen LogP contribution >= 0.6 is 11.9 Å². The molecule has 1 aromatic rings. The molecule has 0 spiro atoms. The van der Waals surface area contributed by atoms with Crippen LogP contribution in [0.1, 0.15) is 75.1 Å². The second-order valence-corrected chi connectivity index (χ2v) is 12.8. The number of nitrogens with one attached hydrogen (secondary N) is 3. The van der Waals surface area contributed by atoms with Crippen molar-refractivity contribution in [2.24, 2.45) is 11.8 Å². The summed E-state index contributed by atoms with van der Waals surface area (Å²) in [5.41, 5.74) is 4.00. The van der Waals surface area contributed by atoms with E-state index in [1.807, 2.05) is 11.9 Å². The highest BCUT2D eigenvalue weighted by atomic mass is 32.2. The van der Waals surface area contributed by atoms with Crippen molar-refractivity contribution in [3.8, 4) is 0 Å². The van der Waals surface area contributed by atoms with Crippen LogP contribution in [0, 0.1) is 25.7 Å². The van der Waals surface area contributed by atoms with Gasteiger partial charge in [0, 0.05) is 36.8 Å². The Labute approximate surface area is 222 Å². The van der Waals surface area contributed by atoms with Gasteiger partial charge in [-0.3, -0.25) is 15.5 Å². The Morgan fingerprint density at radius 3 is 2.64 bits per heavy atom. The molecule has 1 aliphatic carbocycles. The van der Waals surface area contributed by atoms with E-state index in [-0.39, 0.29) is 31.2 Å². The first-order valence-corrected chi connectivity index (χ1v) is 14.8. The third-order valence-electron chi connectivity index (χ3n) is 8.05. The maximum atomic E-state index is 10.4. The molecule has 8 heteroatoms. The summed E-state index contributed by atoms with van der Waals surface area (Å²) >= 11 is 1.86. The second kappa shape index (κ2) is 13.4. The first-order chi connectivity index (χ1) is 17.3. The fourth-order valence-electron chi connectivity index (χ4n) is 6.35. The number of nitrogens with zero attached hydrogens (tertiary/aromatic N) is 1. The quantitative estimate of drug-likeness (QED) is 0.365. The number of aliphatic hydroxyl groups excluding tert-OH is 2. The van der Waals surface area contributed by atoms with Crippen molar-refractivity contribution in [1.82, 2.24) is 20.3 Å². The minimum atomic E-state index is -0.722. The molecule has 0 aromatic heterocycles. The molecule has 7 nitrogen and oxygen atoms in total. The van der Waals surface area contributed by atoms with Crippen molar-refractivity contribution in [2.45, 2.75) is 102 Å². The van der Waals surface area contributed by atoms with Gasteiger partial charge in [-0.05, 0) is 68.1 Å². The first kappa shape index (κ1) is 28.3. The van der Waals surface area contributed by atoms with Gasteiger partial charge in [0.25, 0.3) is 0 Å². The van der Waals surface area contributed by atoms with E-state index in [1.165, 1.54) is 42.4 Å². The first-order valence-electron chi connectivity index (χ1n) is 14.0. The van der Waals surface area contributed by atoms with Gasteiger partial charge in [0.05, 0.1) is 19.3 Å². The number of benzene rings is 1. The predicted octanol–water partition coefficient (Wildman–Crippen LogP) is 3.43. The zero-order valence-corrected chi connectivity index (χ0v) is 23.4. The van der Waals surface area contributed by atoms with Crippen LogP contribution in [0.25, 0.3) is 0 Å². The van der Waals surface area contributed by atoms with Crippen LogP contribution in [-0.2, 0) is 4.74 Å². The molecule has 2 heterocycles. The molecule has 3 aliphatic rings. The van der Waals surface area contributed by atoms with Crippen molar-refractivity contribution in [3.63, 3.8) is 0 Å².